The highest BCUT2D eigenvalue weighted by Crippen LogP contribution is 2.29. The Kier molecular flexibility index (Phi) is 4.97. The van der Waals surface area contributed by atoms with E-state index in [0.717, 1.165) is 12.7 Å². The number of nitrogens with one attached hydrogen (secondary N) is 1. The Morgan fingerprint density at radius 3 is 2.05 bits per heavy atom. The zero-order chi connectivity index (χ0) is 14.7. The van der Waals surface area contributed by atoms with E-state index >= 15 is 0 Å². The molecular weight excluding hydrogens is 294 g/mol. The number of carboxylic acid groups (broad SMARTS) is 1. The minimum atomic E-state index is -3.93. The average molecular weight is 313 g/mol. The second-order valence-electron chi connectivity index (χ2n) is 5.00. The van der Waals surface area contributed by atoms with Gasteiger partial charge in [-0.1, -0.05) is 19.3 Å². The molecule has 19 heavy (non-hydrogen) atoms. The van der Waals surface area contributed by atoms with Gasteiger partial charge in [0.1, 0.15) is 15.4 Å². The lowest BCUT2D eigenvalue weighted by Gasteiger charge is -2.33. The normalized spacial score (nSPS) is 20.1. The van der Waals surface area contributed by atoms with Crippen molar-refractivity contribution in [3.05, 3.63) is 0 Å². The molecular formula is C10H19NO6S2. The first-order valence-corrected chi connectivity index (χ1v) is 9.70. The van der Waals surface area contributed by atoms with Gasteiger partial charge in [0, 0.05) is 6.26 Å². The fourth-order valence-corrected chi connectivity index (χ4v) is 5.20. The van der Waals surface area contributed by atoms with Gasteiger partial charge in [-0.05, 0) is 12.8 Å². The third kappa shape index (κ3) is 5.07. The molecule has 0 aromatic heterocycles. The minimum Gasteiger partial charge on any atom is -0.480 e. The Morgan fingerprint density at radius 1 is 1.11 bits per heavy atom. The van der Waals surface area contributed by atoms with Crippen LogP contribution in [-0.4, -0.2) is 51.2 Å². The molecule has 0 bridgehead atoms. The summed E-state index contributed by atoms with van der Waals surface area (Å²) in [5.41, 5.74) is -1.48. The van der Waals surface area contributed by atoms with Crippen LogP contribution in [0.5, 0.6) is 0 Å². The van der Waals surface area contributed by atoms with Crippen molar-refractivity contribution < 1.29 is 26.7 Å². The van der Waals surface area contributed by atoms with Gasteiger partial charge in [-0.15, -0.1) is 0 Å². The third-order valence-electron chi connectivity index (χ3n) is 3.19. The van der Waals surface area contributed by atoms with Crippen LogP contribution in [-0.2, 0) is 24.7 Å². The maximum atomic E-state index is 11.8. The van der Waals surface area contributed by atoms with Gasteiger partial charge < -0.3 is 5.11 Å². The molecule has 2 N–H and O–H groups in total. The highest BCUT2D eigenvalue weighted by atomic mass is 32.2. The van der Waals surface area contributed by atoms with E-state index in [1.54, 1.807) is 0 Å². The predicted molar refractivity (Wildman–Crippen MR) is 70.1 cm³/mol. The van der Waals surface area contributed by atoms with Crippen LogP contribution in [0.1, 0.15) is 32.1 Å². The van der Waals surface area contributed by atoms with Gasteiger partial charge in [-0.3, -0.25) is 4.79 Å². The van der Waals surface area contributed by atoms with Gasteiger partial charge in [0.2, 0.25) is 10.0 Å². The van der Waals surface area contributed by atoms with E-state index in [1.807, 2.05) is 0 Å². The molecule has 1 fully saturated rings. The SMILES string of the molecule is CS(=O)(=O)CCS(=O)(=O)NC1(C(=O)O)CCCCC1. The first kappa shape index (κ1) is 16.4. The van der Waals surface area contributed by atoms with Crippen molar-refractivity contribution in [2.45, 2.75) is 37.6 Å². The van der Waals surface area contributed by atoms with Crippen LogP contribution in [0.2, 0.25) is 0 Å². The van der Waals surface area contributed by atoms with Crippen molar-refractivity contribution in [3.63, 3.8) is 0 Å². The Labute approximate surface area is 113 Å². The second-order valence-corrected chi connectivity index (χ2v) is 9.10. The van der Waals surface area contributed by atoms with Gasteiger partial charge in [0.25, 0.3) is 0 Å². The highest BCUT2D eigenvalue weighted by Gasteiger charge is 2.42. The largest absolute Gasteiger partial charge is 0.480 e. The molecule has 9 heteroatoms. The molecule has 0 unspecified atom stereocenters. The molecule has 1 aliphatic rings. The molecule has 0 aliphatic heterocycles. The lowest BCUT2D eigenvalue weighted by atomic mass is 9.83. The molecule has 1 aliphatic carbocycles. The number of sulfonamides is 1. The lowest BCUT2D eigenvalue weighted by Crippen LogP contribution is -2.56. The Hall–Kier alpha value is -0.670. The van der Waals surface area contributed by atoms with Crippen LogP contribution in [0.4, 0.5) is 0 Å². The Balaban J connectivity index is 2.81. The monoisotopic (exact) mass is 313 g/mol. The van der Waals surface area contributed by atoms with Crippen molar-refractivity contribution in [1.82, 2.24) is 4.72 Å². The van der Waals surface area contributed by atoms with Crippen molar-refractivity contribution in [2.24, 2.45) is 0 Å². The van der Waals surface area contributed by atoms with Crippen LogP contribution in [0, 0.1) is 0 Å². The number of sulfone groups is 1. The molecule has 0 aromatic carbocycles. The second kappa shape index (κ2) is 5.76. The molecule has 1 rings (SSSR count). The quantitative estimate of drug-likeness (QED) is 0.697. The fraction of sp³-hybridized carbons (Fsp3) is 0.900. The highest BCUT2D eigenvalue weighted by molar-refractivity contribution is 7.93. The average Bonchev–Trinajstić information content (AvgIpc) is 2.26. The molecule has 1 saturated carbocycles. The minimum absolute atomic E-state index is 0.237. The summed E-state index contributed by atoms with van der Waals surface area (Å²) in [6.45, 7) is 0. The standard InChI is InChI=1S/C10H19NO6S2/c1-18(14,15)7-8-19(16,17)11-10(9(12)13)5-3-2-4-6-10/h11H,2-8H2,1H3,(H,12,13). The summed E-state index contributed by atoms with van der Waals surface area (Å²) in [4.78, 5) is 11.3. The summed E-state index contributed by atoms with van der Waals surface area (Å²) in [5.74, 6) is -2.33. The van der Waals surface area contributed by atoms with Crippen molar-refractivity contribution in [2.75, 3.05) is 17.8 Å². The molecule has 0 aromatic rings. The number of carbonyl (C=O) groups is 1. The molecule has 0 heterocycles. The predicted octanol–water partition coefficient (Wildman–Crippen LogP) is -0.262. The van der Waals surface area contributed by atoms with E-state index in [1.165, 1.54) is 0 Å². The zero-order valence-electron chi connectivity index (χ0n) is 10.8. The van der Waals surface area contributed by atoms with Crippen molar-refractivity contribution in [1.29, 1.82) is 0 Å². The van der Waals surface area contributed by atoms with E-state index in [-0.39, 0.29) is 12.8 Å². The lowest BCUT2D eigenvalue weighted by molar-refractivity contribution is -0.145. The number of carboxylic acids is 1. The first-order valence-electron chi connectivity index (χ1n) is 5.99. The summed E-state index contributed by atoms with van der Waals surface area (Å²) in [6, 6.07) is 0. The van der Waals surface area contributed by atoms with Crippen LogP contribution >= 0.6 is 0 Å². The van der Waals surface area contributed by atoms with E-state index in [4.69, 9.17) is 0 Å². The maximum Gasteiger partial charge on any atom is 0.324 e. The molecule has 0 atom stereocenters. The number of aliphatic carboxylic acids is 1. The number of rotatable bonds is 6. The van der Waals surface area contributed by atoms with Gasteiger partial charge in [-0.2, -0.15) is 4.72 Å². The van der Waals surface area contributed by atoms with Gasteiger partial charge in [0.15, 0.2) is 0 Å². The first-order chi connectivity index (χ1) is 8.56. The molecule has 0 radical (unpaired) electrons. The van der Waals surface area contributed by atoms with Crippen molar-refractivity contribution >= 4 is 25.8 Å². The Morgan fingerprint density at radius 2 is 1.63 bits per heavy atom. The van der Waals surface area contributed by atoms with E-state index in [0.29, 0.717) is 12.8 Å². The van der Waals surface area contributed by atoms with Gasteiger partial charge in [-0.25, -0.2) is 16.8 Å². The molecule has 112 valence electrons. The zero-order valence-corrected chi connectivity index (χ0v) is 12.4. The summed E-state index contributed by atoms with van der Waals surface area (Å²) >= 11 is 0. The number of hydrogen-bond acceptors (Lipinski definition) is 5. The van der Waals surface area contributed by atoms with Crippen LogP contribution in [0.15, 0.2) is 0 Å². The van der Waals surface area contributed by atoms with Gasteiger partial charge >= 0.3 is 5.97 Å². The van der Waals surface area contributed by atoms with E-state index < -0.39 is 42.9 Å². The topological polar surface area (TPSA) is 118 Å². The van der Waals surface area contributed by atoms with Gasteiger partial charge in [0.05, 0.1) is 11.5 Å². The summed E-state index contributed by atoms with van der Waals surface area (Å²) < 4.78 is 47.8. The van der Waals surface area contributed by atoms with Crippen LogP contribution in [0.25, 0.3) is 0 Å². The molecule has 0 spiro atoms. The molecule has 0 amide bonds. The Bertz CT molecular complexity index is 530. The summed E-state index contributed by atoms with van der Waals surface area (Å²) in [5, 5.41) is 9.23. The summed E-state index contributed by atoms with van der Waals surface area (Å²) in [7, 11) is -7.33. The van der Waals surface area contributed by atoms with E-state index in [2.05, 4.69) is 4.72 Å². The van der Waals surface area contributed by atoms with Crippen LogP contribution in [0.3, 0.4) is 0 Å². The molecule has 0 saturated heterocycles. The fourth-order valence-electron chi connectivity index (χ4n) is 2.12. The van der Waals surface area contributed by atoms with Crippen LogP contribution < -0.4 is 4.72 Å². The summed E-state index contributed by atoms with van der Waals surface area (Å²) in [6.07, 6.45) is 3.57. The number of hydrogen-bond donors (Lipinski definition) is 2. The third-order valence-corrected chi connectivity index (χ3v) is 5.84. The van der Waals surface area contributed by atoms with Crippen molar-refractivity contribution in [3.8, 4) is 0 Å². The smallest absolute Gasteiger partial charge is 0.324 e. The molecule has 7 nitrogen and oxygen atoms in total. The maximum absolute atomic E-state index is 11.8. The van der Waals surface area contributed by atoms with E-state index in [9.17, 15) is 26.7 Å².